The molecule has 0 aliphatic heterocycles. The third-order valence-electron chi connectivity index (χ3n) is 4.89. The van der Waals surface area contributed by atoms with Crippen molar-refractivity contribution in [3.63, 3.8) is 0 Å². The van der Waals surface area contributed by atoms with Gasteiger partial charge in [0.15, 0.2) is 3.93 Å². The first-order valence-corrected chi connectivity index (χ1v) is 14.0. The molecule has 1 atom stereocenters. The largest absolute Gasteiger partial charge is 0.419 e. The highest BCUT2D eigenvalue weighted by Gasteiger charge is 2.15. The fourth-order valence-corrected chi connectivity index (χ4v) is 5.81. The number of rotatable bonds is 9. The van der Waals surface area contributed by atoms with Gasteiger partial charge >= 0.3 is 21.2 Å². The molecule has 0 aromatic heterocycles. The molecular weight excluding hydrogens is 517 g/mol. The van der Waals surface area contributed by atoms with Crippen LogP contribution in [0.15, 0.2) is 89.8 Å². The molecule has 0 aliphatic carbocycles. The van der Waals surface area contributed by atoms with Crippen molar-refractivity contribution >= 4 is 10.0 Å². The van der Waals surface area contributed by atoms with Gasteiger partial charge in [-0.05, 0) is 61.9 Å². The molecular formula is C26H27INO2S+. The first-order chi connectivity index (χ1) is 15.0. The average molecular weight is 544 g/mol. The summed E-state index contributed by atoms with van der Waals surface area (Å²) in [5.74, 6) is 3.59. The van der Waals surface area contributed by atoms with Crippen LogP contribution < -0.4 is 25.9 Å². The SMILES string of the molecule is Cc1ccc(S(=O)(=O)NCCC(C#C[I+]c2ccccc2)CCc2ccccc2)cc1. The molecule has 3 rings (SSSR count). The van der Waals surface area contributed by atoms with Crippen molar-refractivity contribution in [2.45, 2.75) is 31.1 Å². The maximum atomic E-state index is 12.6. The van der Waals surface area contributed by atoms with Gasteiger partial charge in [0, 0.05) is 12.5 Å². The third kappa shape index (κ3) is 8.13. The summed E-state index contributed by atoms with van der Waals surface area (Å²) in [7, 11) is -3.49. The smallest absolute Gasteiger partial charge is 0.211 e. The molecule has 1 unspecified atom stereocenters. The molecule has 3 aromatic carbocycles. The van der Waals surface area contributed by atoms with Gasteiger partial charge in [0.1, 0.15) is 0 Å². The van der Waals surface area contributed by atoms with E-state index >= 15 is 0 Å². The lowest BCUT2D eigenvalue weighted by Gasteiger charge is -2.12. The summed E-state index contributed by atoms with van der Waals surface area (Å²) < 4.78 is 32.6. The van der Waals surface area contributed by atoms with E-state index in [4.69, 9.17) is 0 Å². The summed E-state index contributed by atoms with van der Waals surface area (Å²) >= 11 is -0.352. The van der Waals surface area contributed by atoms with E-state index < -0.39 is 10.0 Å². The van der Waals surface area contributed by atoms with E-state index in [0.717, 1.165) is 18.4 Å². The minimum Gasteiger partial charge on any atom is -0.211 e. The molecule has 160 valence electrons. The Hall–Kier alpha value is -2.14. The average Bonchev–Trinajstić information content (AvgIpc) is 2.79. The normalized spacial score (nSPS) is 12.0. The lowest BCUT2D eigenvalue weighted by Crippen LogP contribution is -3.59. The van der Waals surface area contributed by atoms with Crippen molar-refractivity contribution in [3.8, 4) is 9.85 Å². The second kappa shape index (κ2) is 12.0. The molecule has 1 N–H and O–H groups in total. The van der Waals surface area contributed by atoms with Crippen molar-refractivity contribution in [1.29, 1.82) is 0 Å². The fourth-order valence-electron chi connectivity index (χ4n) is 3.08. The van der Waals surface area contributed by atoms with Gasteiger partial charge in [0.2, 0.25) is 13.6 Å². The first kappa shape index (κ1) is 23.5. The molecule has 0 saturated carbocycles. The maximum Gasteiger partial charge on any atom is 0.419 e. The molecule has 5 heteroatoms. The number of halogens is 1. The van der Waals surface area contributed by atoms with Gasteiger partial charge in [-0.25, -0.2) is 13.1 Å². The van der Waals surface area contributed by atoms with Crippen molar-refractivity contribution < 1.29 is 29.6 Å². The highest BCUT2D eigenvalue weighted by Crippen LogP contribution is 2.14. The molecule has 31 heavy (non-hydrogen) atoms. The molecule has 0 amide bonds. The lowest BCUT2D eigenvalue weighted by molar-refractivity contribution is -0.535. The van der Waals surface area contributed by atoms with Crippen LogP contribution in [0.2, 0.25) is 0 Å². The van der Waals surface area contributed by atoms with Gasteiger partial charge in [-0.15, -0.1) is 0 Å². The standard InChI is InChI=1S/C26H27INO2S/c1-22-12-16-26(17-13-22)31(29,30)28-21-19-24(15-14-23-8-4-2-5-9-23)18-20-27-25-10-6-3-7-11-25/h2-13,16-17,24,28H,14-15,19,21H2,1H3/q+1. The van der Waals surface area contributed by atoms with E-state index in [1.165, 1.54) is 9.13 Å². The zero-order chi connectivity index (χ0) is 21.9. The van der Waals surface area contributed by atoms with Crippen LogP contribution in [0.3, 0.4) is 0 Å². The van der Waals surface area contributed by atoms with E-state index in [9.17, 15) is 8.42 Å². The predicted molar refractivity (Wildman–Crippen MR) is 122 cm³/mol. The molecule has 0 fully saturated rings. The first-order valence-electron chi connectivity index (χ1n) is 10.3. The molecule has 3 aromatic rings. The van der Waals surface area contributed by atoms with E-state index in [-0.39, 0.29) is 27.1 Å². The molecule has 0 aliphatic rings. The number of aryl methyl sites for hydroxylation is 2. The van der Waals surface area contributed by atoms with Crippen LogP contribution in [0.25, 0.3) is 0 Å². The van der Waals surface area contributed by atoms with E-state index in [1.54, 1.807) is 12.1 Å². The van der Waals surface area contributed by atoms with Gasteiger partial charge in [-0.1, -0.05) is 66.2 Å². The minimum atomic E-state index is -3.49. The highest BCUT2D eigenvalue weighted by molar-refractivity contribution is 7.89. The van der Waals surface area contributed by atoms with Crippen LogP contribution in [0.1, 0.15) is 24.0 Å². The Bertz CT molecular complexity index is 1100. The van der Waals surface area contributed by atoms with E-state index in [2.05, 4.69) is 38.8 Å². The molecule has 3 nitrogen and oxygen atoms in total. The lowest BCUT2D eigenvalue weighted by atomic mass is 9.97. The number of hydrogen-bond acceptors (Lipinski definition) is 2. The van der Waals surface area contributed by atoms with Gasteiger partial charge in [0.25, 0.3) is 0 Å². The predicted octanol–water partition coefficient (Wildman–Crippen LogP) is 1.83. The number of benzene rings is 3. The Balaban J connectivity index is 1.60. The Morgan fingerprint density at radius 1 is 0.871 bits per heavy atom. The second-order valence-electron chi connectivity index (χ2n) is 7.35. The van der Waals surface area contributed by atoms with Gasteiger partial charge in [-0.2, -0.15) is 0 Å². The monoisotopic (exact) mass is 544 g/mol. The fraction of sp³-hybridized carbons (Fsp3) is 0.231. The van der Waals surface area contributed by atoms with Gasteiger partial charge in [0.05, 0.1) is 4.90 Å². The minimum absolute atomic E-state index is 0.157. The summed E-state index contributed by atoms with van der Waals surface area (Å²) in [6, 6.07) is 27.6. The van der Waals surface area contributed by atoms with Crippen LogP contribution in [0, 0.1) is 26.3 Å². The van der Waals surface area contributed by atoms with Crippen LogP contribution in [0.5, 0.6) is 0 Å². The Labute approximate surface area is 196 Å². The summed E-state index contributed by atoms with van der Waals surface area (Å²) in [5.41, 5.74) is 2.32. The van der Waals surface area contributed by atoms with E-state index in [0.29, 0.717) is 17.9 Å². The van der Waals surface area contributed by atoms with Crippen molar-refractivity contribution in [1.82, 2.24) is 4.72 Å². The topological polar surface area (TPSA) is 46.2 Å². The van der Waals surface area contributed by atoms with Gasteiger partial charge in [-0.3, -0.25) is 0 Å². The van der Waals surface area contributed by atoms with Crippen LogP contribution in [-0.2, 0) is 16.4 Å². The van der Waals surface area contributed by atoms with Crippen LogP contribution >= 0.6 is 0 Å². The molecule has 0 spiro atoms. The summed E-state index contributed by atoms with van der Waals surface area (Å²) in [5, 5.41) is 0. The summed E-state index contributed by atoms with van der Waals surface area (Å²) in [6.07, 6.45) is 2.56. The summed E-state index contributed by atoms with van der Waals surface area (Å²) in [4.78, 5) is 0.306. The zero-order valence-electron chi connectivity index (χ0n) is 17.6. The second-order valence-corrected chi connectivity index (χ2v) is 11.4. The van der Waals surface area contributed by atoms with Crippen LogP contribution in [0.4, 0.5) is 0 Å². The Morgan fingerprint density at radius 3 is 2.19 bits per heavy atom. The van der Waals surface area contributed by atoms with E-state index in [1.807, 2.05) is 55.5 Å². The molecule has 0 heterocycles. The maximum absolute atomic E-state index is 12.6. The Kier molecular flexibility index (Phi) is 9.13. The van der Waals surface area contributed by atoms with Crippen molar-refractivity contribution in [2.75, 3.05) is 6.54 Å². The zero-order valence-corrected chi connectivity index (χ0v) is 20.6. The van der Waals surface area contributed by atoms with Crippen molar-refractivity contribution in [2.24, 2.45) is 5.92 Å². The third-order valence-corrected chi connectivity index (χ3v) is 8.29. The number of nitrogens with one attached hydrogen (secondary N) is 1. The summed E-state index contributed by atoms with van der Waals surface area (Å²) in [6.45, 7) is 2.33. The Morgan fingerprint density at radius 2 is 1.52 bits per heavy atom. The highest BCUT2D eigenvalue weighted by atomic mass is 127. The van der Waals surface area contributed by atoms with Crippen LogP contribution in [-0.4, -0.2) is 15.0 Å². The van der Waals surface area contributed by atoms with Gasteiger partial charge < -0.3 is 0 Å². The molecule has 0 bridgehead atoms. The number of sulfonamides is 1. The molecule has 0 saturated heterocycles. The quantitative estimate of drug-likeness (QED) is 0.330. The molecule has 0 radical (unpaired) electrons. The number of hydrogen-bond donors (Lipinski definition) is 1. The van der Waals surface area contributed by atoms with Crippen molar-refractivity contribution in [3.05, 3.63) is 99.6 Å².